The van der Waals surface area contributed by atoms with Crippen molar-refractivity contribution in [3.8, 4) is 5.75 Å². The van der Waals surface area contributed by atoms with E-state index in [1.54, 1.807) is 6.92 Å². The van der Waals surface area contributed by atoms with Gasteiger partial charge in [0.05, 0.1) is 11.7 Å². The molecule has 1 aromatic carbocycles. The van der Waals surface area contributed by atoms with Gasteiger partial charge in [-0.05, 0) is 44.5 Å². The van der Waals surface area contributed by atoms with E-state index in [0.29, 0.717) is 15.7 Å². The maximum Gasteiger partial charge on any atom is 0.263 e. The van der Waals surface area contributed by atoms with Crippen molar-refractivity contribution in [2.75, 3.05) is 18.4 Å². The number of hydrogen-bond donors (Lipinski definition) is 3. The SMILES string of the molecule is CC(=O)Nc1nc(C)c(C(=O)NC(C)c2ccc(OC3CCNC3)cc2)s1. The summed E-state index contributed by atoms with van der Waals surface area (Å²) in [5.41, 5.74) is 1.59. The Bertz CT molecular complexity index is 813. The van der Waals surface area contributed by atoms with Crippen LogP contribution in [0.2, 0.25) is 0 Å². The first-order valence-corrected chi connectivity index (χ1v) is 9.77. The van der Waals surface area contributed by atoms with E-state index in [9.17, 15) is 9.59 Å². The minimum Gasteiger partial charge on any atom is -0.489 e. The molecule has 0 spiro atoms. The number of benzene rings is 1. The van der Waals surface area contributed by atoms with E-state index in [4.69, 9.17) is 4.74 Å². The molecule has 2 amide bonds. The molecule has 27 heavy (non-hydrogen) atoms. The van der Waals surface area contributed by atoms with Crippen molar-refractivity contribution in [2.24, 2.45) is 0 Å². The first-order chi connectivity index (χ1) is 12.9. The molecule has 8 heteroatoms. The van der Waals surface area contributed by atoms with E-state index in [0.717, 1.165) is 30.8 Å². The molecule has 3 rings (SSSR count). The number of amides is 2. The second kappa shape index (κ2) is 8.49. The molecule has 1 fully saturated rings. The van der Waals surface area contributed by atoms with Gasteiger partial charge in [-0.1, -0.05) is 23.5 Å². The lowest BCUT2D eigenvalue weighted by Gasteiger charge is -2.16. The Morgan fingerprint density at radius 3 is 2.70 bits per heavy atom. The molecule has 3 N–H and O–H groups in total. The third kappa shape index (κ3) is 5.05. The van der Waals surface area contributed by atoms with Crippen LogP contribution in [0, 0.1) is 6.92 Å². The molecular weight excluding hydrogens is 364 g/mol. The molecular formula is C19H24N4O3S. The molecule has 0 aliphatic carbocycles. The van der Waals surface area contributed by atoms with Gasteiger partial charge in [0.1, 0.15) is 16.7 Å². The Hall–Kier alpha value is -2.45. The van der Waals surface area contributed by atoms with Gasteiger partial charge in [0.2, 0.25) is 5.91 Å². The van der Waals surface area contributed by atoms with E-state index >= 15 is 0 Å². The van der Waals surface area contributed by atoms with Crippen molar-refractivity contribution in [2.45, 2.75) is 39.3 Å². The largest absolute Gasteiger partial charge is 0.489 e. The molecule has 0 bridgehead atoms. The topological polar surface area (TPSA) is 92.4 Å². The fourth-order valence-electron chi connectivity index (χ4n) is 2.91. The number of nitrogens with zero attached hydrogens (tertiary/aromatic N) is 1. The molecule has 2 atom stereocenters. The highest BCUT2D eigenvalue weighted by molar-refractivity contribution is 7.17. The molecule has 1 aromatic heterocycles. The number of nitrogens with one attached hydrogen (secondary N) is 3. The summed E-state index contributed by atoms with van der Waals surface area (Å²) < 4.78 is 5.92. The second-order valence-corrected chi connectivity index (χ2v) is 7.61. The maximum atomic E-state index is 12.6. The minimum absolute atomic E-state index is 0.162. The summed E-state index contributed by atoms with van der Waals surface area (Å²) in [6, 6.07) is 7.63. The Balaban J connectivity index is 1.60. The zero-order valence-corrected chi connectivity index (χ0v) is 16.5. The number of carbonyl (C=O) groups is 2. The average Bonchev–Trinajstić information content (AvgIpc) is 3.24. The lowest BCUT2D eigenvalue weighted by Crippen LogP contribution is -2.26. The van der Waals surface area contributed by atoms with Crippen LogP contribution < -0.4 is 20.7 Å². The van der Waals surface area contributed by atoms with Crippen molar-refractivity contribution in [1.82, 2.24) is 15.6 Å². The van der Waals surface area contributed by atoms with Gasteiger partial charge in [-0.15, -0.1) is 0 Å². The van der Waals surface area contributed by atoms with Crippen molar-refractivity contribution >= 4 is 28.3 Å². The summed E-state index contributed by atoms with van der Waals surface area (Å²) in [6.45, 7) is 6.97. The van der Waals surface area contributed by atoms with Gasteiger partial charge >= 0.3 is 0 Å². The first kappa shape index (κ1) is 19.3. The van der Waals surface area contributed by atoms with Crippen molar-refractivity contribution < 1.29 is 14.3 Å². The Morgan fingerprint density at radius 2 is 2.07 bits per heavy atom. The predicted octanol–water partition coefficient (Wildman–Crippen LogP) is 2.64. The minimum atomic E-state index is -0.209. The highest BCUT2D eigenvalue weighted by atomic mass is 32.1. The standard InChI is InChI=1S/C19H24N4O3S/c1-11(14-4-6-15(7-5-14)26-16-8-9-20-10-16)21-18(25)17-12(2)22-19(27-17)23-13(3)24/h4-7,11,16,20H,8-10H2,1-3H3,(H,21,25)(H,22,23,24). The molecule has 0 radical (unpaired) electrons. The molecule has 1 saturated heterocycles. The fraction of sp³-hybridized carbons (Fsp3) is 0.421. The van der Waals surface area contributed by atoms with E-state index in [-0.39, 0.29) is 24.0 Å². The average molecular weight is 388 g/mol. The Morgan fingerprint density at radius 1 is 1.33 bits per heavy atom. The third-order valence-corrected chi connectivity index (χ3v) is 5.40. The van der Waals surface area contributed by atoms with Crippen LogP contribution >= 0.6 is 11.3 Å². The van der Waals surface area contributed by atoms with Crippen LogP contribution in [0.1, 0.15) is 47.2 Å². The monoisotopic (exact) mass is 388 g/mol. The third-order valence-electron chi connectivity index (χ3n) is 4.33. The molecule has 2 unspecified atom stereocenters. The number of thiazole rings is 1. The van der Waals surface area contributed by atoms with Crippen molar-refractivity contribution in [3.05, 3.63) is 40.4 Å². The van der Waals surface area contributed by atoms with Crippen LogP contribution in [0.15, 0.2) is 24.3 Å². The number of hydrogen-bond acceptors (Lipinski definition) is 6. The van der Waals surface area contributed by atoms with Gasteiger partial charge < -0.3 is 20.7 Å². The van der Waals surface area contributed by atoms with Crippen LogP contribution in [0.25, 0.3) is 0 Å². The van der Waals surface area contributed by atoms with Gasteiger partial charge in [-0.3, -0.25) is 9.59 Å². The van der Waals surface area contributed by atoms with Crippen molar-refractivity contribution in [1.29, 1.82) is 0 Å². The lowest BCUT2D eigenvalue weighted by molar-refractivity contribution is -0.114. The zero-order valence-electron chi connectivity index (χ0n) is 15.7. The normalized spacial score (nSPS) is 17.4. The van der Waals surface area contributed by atoms with Gasteiger partial charge in [0.25, 0.3) is 5.91 Å². The van der Waals surface area contributed by atoms with Crippen LogP contribution in [0.4, 0.5) is 5.13 Å². The number of carbonyl (C=O) groups excluding carboxylic acids is 2. The lowest BCUT2D eigenvalue weighted by atomic mass is 10.1. The maximum absolute atomic E-state index is 12.6. The number of anilines is 1. The molecule has 2 heterocycles. The summed E-state index contributed by atoms with van der Waals surface area (Å²) in [5.74, 6) is 0.426. The quantitative estimate of drug-likeness (QED) is 0.708. The molecule has 144 valence electrons. The smallest absolute Gasteiger partial charge is 0.263 e. The molecule has 1 aliphatic heterocycles. The summed E-state index contributed by atoms with van der Waals surface area (Å²) >= 11 is 1.17. The predicted molar refractivity (Wildman–Crippen MR) is 105 cm³/mol. The van der Waals surface area contributed by atoms with E-state index in [1.807, 2.05) is 31.2 Å². The summed E-state index contributed by atoms with van der Waals surface area (Å²) in [4.78, 5) is 28.4. The number of aryl methyl sites for hydroxylation is 1. The summed E-state index contributed by atoms with van der Waals surface area (Å²) in [6.07, 6.45) is 1.24. The second-order valence-electron chi connectivity index (χ2n) is 6.61. The number of ether oxygens (including phenoxy) is 1. The molecule has 0 saturated carbocycles. The van der Waals surface area contributed by atoms with Crippen LogP contribution in [0.3, 0.4) is 0 Å². The van der Waals surface area contributed by atoms with Crippen LogP contribution in [-0.4, -0.2) is 36.0 Å². The van der Waals surface area contributed by atoms with Crippen LogP contribution in [-0.2, 0) is 4.79 Å². The van der Waals surface area contributed by atoms with Gasteiger partial charge in [-0.2, -0.15) is 0 Å². The van der Waals surface area contributed by atoms with Gasteiger partial charge in [-0.25, -0.2) is 4.98 Å². The van der Waals surface area contributed by atoms with Gasteiger partial charge in [0, 0.05) is 13.5 Å². The number of rotatable bonds is 6. The Labute approximate surface area is 162 Å². The molecule has 7 nitrogen and oxygen atoms in total. The first-order valence-electron chi connectivity index (χ1n) is 8.95. The fourth-order valence-corrected chi connectivity index (χ4v) is 3.83. The van der Waals surface area contributed by atoms with Crippen LogP contribution in [0.5, 0.6) is 5.75 Å². The van der Waals surface area contributed by atoms with Crippen molar-refractivity contribution in [3.63, 3.8) is 0 Å². The Kier molecular flexibility index (Phi) is 6.08. The molecule has 2 aromatic rings. The van der Waals surface area contributed by atoms with E-state index < -0.39 is 0 Å². The summed E-state index contributed by atoms with van der Waals surface area (Å²) in [5, 5.41) is 9.30. The zero-order chi connectivity index (χ0) is 19.4. The highest BCUT2D eigenvalue weighted by Crippen LogP contribution is 2.24. The summed E-state index contributed by atoms with van der Waals surface area (Å²) in [7, 11) is 0. The number of aromatic nitrogens is 1. The van der Waals surface area contributed by atoms with Gasteiger partial charge in [0.15, 0.2) is 5.13 Å². The highest BCUT2D eigenvalue weighted by Gasteiger charge is 2.19. The van der Waals surface area contributed by atoms with E-state index in [2.05, 4.69) is 20.9 Å². The van der Waals surface area contributed by atoms with E-state index in [1.165, 1.54) is 18.3 Å². The molecule has 1 aliphatic rings.